The summed E-state index contributed by atoms with van der Waals surface area (Å²) in [7, 11) is 5.05. The largest absolute Gasteiger partial charge is 0.396 e. The van der Waals surface area contributed by atoms with Gasteiger partial charge in [-0.15, -0.1) is 0 Å². The van der Waals surface area contributed by atoms with E-state index in [0.29, 0.717) is 0 Å². The zero-order valence-electron chi connectivity index (χ0n) is 27.0. The van der Waals surface area contributed by atoms with Gasteiger partial charge in [0.25, 0.3) is 0 Å². The molecule has 0 fully saturated rings. The van der Waals surface area contributed by atoms with Gasteiger partial charge in [-0.3, -0.25) is 0 Å². The first kappa shape index (κ1) is 44.3. The van der Waals surface area contributed by atoms with Crippen LogP contribution < -0.4 is 5.32 Å². The van der Waals surface area contributed by atoms with Crippen LogP contribution in [-0.4, -0.2) is 196 Å². The molecule has 0 radical (unpaired) electrons. The smallest absolute Gasteiger partial charge is 0.185 e. The molecule has 0 rings (SSSR count). The van der Waals surface area contributed by atoms with Crippen LogP contribution >= 0.6 is 0 Å². The van der Waals surface area contributed by atoms with E-state index in [2.05, 4.69) is 5.32 Å². The Bertz CT molecular complexity index is 754. The van der Waals surface area contributed by atoms with E-state index in [1.807, 2.05) is 0 Å². The molecule has 0 bridgehead atoms. The topological polar surface area (TPSA) is 290 Å². The van der Waals surface area contributed by atoms with Gasteiger partial charge in [0.2, 0.25) is 0 Å². The van der Waals surface area contributed by atoms with Crippen molar-refractivity contribution in [3.05, 3.63) is 0 Å². The van der Waals surface area contributed by atoms with E-state index in [9.17, 15) is 56.2 Å². The minimum Gasteiger partial charge on any atom is -0.396 e. The highest BCUT2D eigenvalue weighted by molar-refractivity contribution is 4.90. The number of ether oxygens (including phenoxy) is 6. The number of rotatable bonds is 26. The lowest BCUT2D eigenvalue weighted by Gasteiger charge is -2.38. The fourth-order valence-corrected chi connectivity index (χ4v) is 4.04. The normalized spacial score (nSPS) is 23.3. The Balaban J connectivity index is 6.07. The van der Waals surface area contributed by atoms with Crippen LogP contribution in [0.25, 0.3) is 0 Å². The van der Waals surface area contributed by atoms with Crippen molar-refractivity contribution in [1.82, 2.24) is 5.32 Å². The summed E-state index contributed by atoms with van der Waals surface area (Å²) >= 11 is 0. The number of hydrogen-bond donors (Lipinski definition) is 12. The summed E-state index contributed by atoms with van der Waals surface area (Å²) in [6, 6.07) is 0. The minimum absolute atomic E-state index is 0.278. The van der Waals surface area contributed by atoms with E-state index < -0.39 is 111 Å². The first-order valence-corrected chi connectivity index (χ1v) is 14.5. The monoisotopic (exact) mass is 667 g/mol. The Morgan fingerprint density at radius 1 is 0.556 bits per heavy atom. The predicted molar refractivity (Wildman–Crippen MR) is 154 cm³/mol. The SMILES string of the molecule is CNC(COC(CC(O)C(O)C(C)O)OC)(COC(OC)C(O)C(O)C(O)C(C)O)COC(OC)C(O)C(O)C(O)C(C)CO. The van der Waals surface area contributed by atoms with Crippen molar-refractivity contribution in [2.45, 2.75) is 113 Å². The first-order valence-electron chi connectivity index (χ1n) is 14.5. The molecule has 0 aromatic carbocycles. The van der Waals surface area contributed by atoms with Gasteiger partial charge < -0.3 is 89.9 Å². The van der Waals surface area contributed by atoms with Crippen LogP contribution in [0.2, 0.25) is 0 Å². The molecule has 0 saturated heterocycles. The Morgan fingerprint density at radius 2 is 0.978 bits per heavy atom. The quantitative estimate of drug-likeness (QED) is 0.0383. The molecule has 0 amide bonds. The molecule has 0 aliphatic rings. The van der Waals surface area contributed by atoms with Crippen molar-refractivity contribution in [1.29, 1.82) is 0 Å². The third kappa shape index (κ3) is 14.1. The molecule has 0 heterocycles. The van der Waals surface area contributed by atoms with Crippen LogP contribution in [0, 0.1) is 5.92 Å². The number of nitrogens with one attached hydrogen (secondary N) is 1. The average molecular weight is 668 g/mol. The van der Waals surface area contributed by atoms with Gasteiger partial charge in [-0.25, -0.2) is 0 Å². The number of likely N-dealkylation sites (N-methyl/N-ethyl adjacent to an activating group) is 1. The molecule has 272 valence electrons. The van der Waals surface area contributed by atoms with E-state index in [1.165, 1.54) is 42.0 Å². The lowest BCUT2D eigenvalue weighted by molar-refractivity contribution is -0.250. The summed E-state index contributed by atoms with van der Waals surface area (Å²) in [6.07, 6.45) is -20.7. The van der Waals surface area contributed by atoms with Crippen molar-refractivity contribution < 1.29 is 84.6 Å². The number of methoxy groups -OCH3 is 3. The third-order valence-electron chi connectivity index (χ3n) is 7.50. The summed E-state index contributed by atoms with van der Waals surface area (Å²) < 4.78 is 32.8. The first-order chi connectivity index (χ1) is 21.0. The highest BCUT2D eigenvalue weighted by Crippen LogP contribution is 2.20. The second-order valence-electron chi connectivity index (χ2n) is 11.2. The van der Waals surface area contributed by atoms with Crippen molar-refractivity contribution in [2.75, 3.05) is 54.8 Å². The molecule has 45 heavy (non-hydrogen) atoms. The van der Waals surface area contributed by atoms with E-state index in [0.717, 1.165) is 7.11 Å². The predicted octanol–water partition coefficient (Wildman–Crippen LogP) is -5.42. The molecule has 0 aliphatic carbocycles. The van der Waals surface area contributed by atoms with Crippen molar-refractivity contribution >= 4 is 0 Å². The molecular weight excluding hydrogens is 610 g/mol. The summed E-state index contributed by atoms with van der Waals surface area (Å²) in [4.78, 5) is 0. The summed E-state index contributed by atoms with van der Waals surface area (Å²) in [5.41, 5.74) is -1.44. The van der Waals surface area contributed by atoms with Gasteiger partial charge in [0, 0.05) is 40.3 Å². The maximum absolute atomic E-state index is 10.7. The molecule has 18 nitrogen and oxygen atoms in total. The fourth-order valence-electron chi connectivity index (χ4n) is 4.04. The number of aliphatic hydroxyl groups is 11. The van der Waals surface area contributed by atoms with Crippen molar-refractivity contribution in [3.8, 4) is 0 Å². The minimum atomic E-state index is -1.88. The van der Waals surface area contributed by atoms with Gasteiger partial charge in [-0.05, 0) is 20.9 Å². The summed E-state index contributed by atoms with van der Waals surface area (Å²) in [5.74, 6) is -0.792. The maximum Gasteiger partial charge on any atom is 0.185 e. The van der Waals surface area contributed by atoms with E-state index in [1.54, 1.807) is 0 Å². The van der Waals surface area contributed by atoms with E-state index in [4.69, 9.17) is 28.4 Å². The lowest BCUT2D eigenvalue weighted by atomic mass is 9.96. The van der Waals surface area contributed by atoms with Gasteiger partial charge in [-0.1, -0.05) is 6.92 Å². The van der Waals surface area contributed by atoms with Gasteiger partial charge in [0.1, 0.15) is 36.6 Å². The highest BCUT2D eigenvalue weighted by atomic mass is 16.7. The van der Waals surface area contributed by atoms with Crippen molar-refractivity contribution in [2.24, 2.45) is 5.92 Å². The molecular formula is C27H57NO17. The van der Waals surface area contributed by atoms with E-state index in [-0.39, 0.29) is 13.0 Å². The van der Waals surface area contributed by atoms with Crippen molar-refractivity contribution in [3.63, 3.8) is 0 Å². The summed E-state index contributed by atoms with van der Waals surface area (Å²) in [5, 5.41) is 114. The Hall–Kier alpha value is -0.720. The van der Waals surface area contributed by atoms with Crippen LogP contribution in [0.15, 0.2) is 0 Å². The second kappa shape index (κ2) is 22.0. The molecule has 15 atom stereocenters. The second-order valence-corrected chi connectivity index (χ2v) is 11.2. The molecule has 15 unspecified atom stereocenters. The lowest BCUT2D eigenvalue weighted by Crippen LogP contribution is -2.59. The fraction of sp³-hybridized carbons (Fsp3) is 1.00. The molecule has 12 N–H and O–H groups in total. The van der Waals surface area contributed by atoms with E-state index >= 15 is 0 Å². The Labute approximate surface area is 263 Å². The zero-order valence-corrected chi connectivity index (χ0v) is 27.0. The van der Waals surface area contributed by atoms with Crippen LogP contribution in [0.3, 0.4) is 0 Å². The van der Waals surface area contributed by atoms with Crippen LogP contribution in [0.4, 0.5) is 0 Å². The summed E-state index contributed by atoms with van der Waals surface area (Å²) in [6.45, 7) is 2.24. The third-order valence-corrected chi connectivity index (χ3v) is 7.50. The highest BCUT2D eigenvalue weighted by Gasteiger charge is 2.40. The zero-order chi connectivity index (χ0) is 35.1. The average Bonchev–Trinajstić information content (AvgIpc) is 3.03. The maximum atomic E-state index is 10.7. The van der Waals surface area contributed by atoms with Crippen LogP contribution in [0.1, 0.15) is 27.2 Å². The Kier molecular flexibility index (Phi) is 21.7. The van der Waals surface area contributed by atoms with Gasteiger partial charge in [0.15, 0.2) is 18.9 Å². The molecule has 0 aromatic rings. The Morgan fingerprint density at radius 3 is 1.33 bits per heavy atom. The molecule has 0 aromatic heterocycles. The molecule has 0 saturated carbocycles. The van der Waals surface area contributed by atoms with Gasteiger partial charge in [-0.2, -0.15) is 0 Å². The van der Waals surface area contributed by atoms with Crippen LogP contribution in [0.5, 0.6) is 0 Å². The van der Waals surface area contributed by atoms with Gasteiger partial charge >= 0.3 is 0 Å². The molecule has 0 aliphatic heterocycles. The van der Waals surface area contributed by atoms with Gasteiger partial charge in [0.05, 0.1) is 49.8 Å². The number of hydrogen-bond acceptors (Lipinski definition) is 18. The van der Waals surface area contributed by atoms with Crippen LogP contribution in [-0.2, 0) is 28.4 Å². The number of aliphatic hydroxyl groups excluding tert-OH is 11. The molecule has 0 spiro atoms. The standard InChI is InChI=1S/C27H57NO17/c1-13(9-29)18(33)21(36)23(38)25(41-6)44-11-27(28-4,10-43-17(40-5)8-16(32)19(34)14(2)30)12-45-26(42-7)24(39)22(37)20(35)15(3)31/h13-26,28-39H,8-12H2,1-7H3. The molecule has 18 heteroatoms.